The van der Waals surface area contributed by atoms with Gasteiger partial charge in [0, 0.05) is 51.9 Å². The summed E-state index contributed by atoms with van der Waals surface area (Å²) in [4.78, 5) is 68.5. The second-order valence-electron chi connectivity index (χ2n) is 11.8. The summed E-state index contributed by atoms with van der Waals surface area (Å²) < 4.78 is 44.3. The molecule has 0 aromatic heterocycles. The number of urea groups is 1. The maximum Gasteiger partial charge on any atom is 1.00 e. The van der Waals surface area contributed by atoms with Gasteiger partial charge in [-0.3, -0.25) is 9.59 Å². The van der Waals surface area contributed by atoms with E-state index in [4.69, 9.17) is 0 Å². The first-order valence-electron chi connectivity index (χ1n) is 15.3. The Bertz CT molecular complexity index is 1770. The summed E-state index contributed by atoms with van der Waals surface area (Å²) in [6, 6.07) is 15.0. The van der Waals surface area contributed by atoms with Gasteiger partial charge in [0.25, 0.3) is 0 Å². The van der Waals surface area contributed by atoms with Gasteiger partial charge in [-0.2, -0.15) is 0 Å². The van der Waals surface area contributed by atoms with Crippen LogP contribution in [-0.2, 0) is 33.7 Å². The SMILES string of the molecule is C=CCN1CC(=O)N2[C@@H](Cc3ccc(OP(=O)([O-])[O-])cc3)C(=O)N(Cc3cc(F)c(F)cc3N(C)C)C[C@@H]2N1C(=O)NCc1ccccc1.[Na+].[Na+]. The summed E-state index contributed by atoms with van der Waals surface area (Å²) in [5.41, 5.74) is 1.96. The minimum absolute atomic E-state index is 0. The fourth-order valence-corrected chi connectivity index (χ4v) is 6.44. The van der Waals surface area contributed by atoms with E-state index in [1.54, 1.807) is 25.1 Å². The number of benzene rings is 3. The minimum Gasteiger partial charge on any atom is -0.780 e. The summed E-state index contributed by atoms with van der Waals surface area (Å²) in [6.07, 6.45) is 0.464. The maximum absolute atomic E-state index is 14.5. The van der Waals surface area contributed by atoms with Crippen LogP contribution in [-0.4, -0.2) is 83.6 Å². The van der Waals surface area contributed by atoms with Crippen molar-refractivity contribution in [2.45, 2.75) is 31.7 Å². The molecule has 5 rings (SSSR count). The molecule has 3 aromatic carbocycles. The zero-order valence-electron chi connectivity index (χ0n) is 28.8. The average Bonchev–Trinajstić information content (AvgIpc) is 3.04. The van der Waals surface area contributed by atoms with Crippen LogP contribution < -0.4 is 83.6 Å². The van der Waals surface area contributed by atoms with E-state index in [1.165, 1.54) is 44.1 Å². The number of phosphoric acid groups is 1. The van der Waals surface area contributed by atoms with E-state index in [0.29, 0.717) is 16.8 Å². The first-order chi connectivity index (χ1) is 23.3. The molecular formula is C33H35F2N6Na2O7P. The molecule has 0 unspecified atom stereocenters. The number of hydrazine groups is 1. The number of halogens is 2. The molecule has 0 spiro atoms. The van der Waals surface area contributed by atoms with Gasteiger partial charge in [0.05, 0.1) is 13.1 Å². The van der Waals surface area contributed by atoms with Crippen LogP contribution in [0.15, 0.2) is 79.4 Å². The van der Waals surface area contributed by atoms with Crippen molar-refractivity contribution in [3.8, 4) is 5.75 Å². The van der Waals surface area contributed by atoms with Crippen LogP contribution >= 0.6 is 7.82 Å². The van der Waals surface area contributed by atoms with Gasteiger partial charge < -0.3 is 38.9 Å². The molecule has 0 bridgehead atoms. The number of hydrogen-bond donors (Lipinski definition) is 1. The largest absolute Gasteiger partial charge is 1.00 e. The van der Waals surface area contributed by atoms with Gasteiger partial charge in [0.15, 0.2) is 11.6 Å². The fraction of sp³-hybridized carbons (Fsp3) is 0.303. The van der Waals surface area contributed by atoms with Crippen molar-refractivity contribution in [3.63, 3.8) is 0 Å². The van der Waals surface area contributed by atoms with Gasteiger partial charge in [-0.1, -0.05) is 48.5 Å². The Morgan fingerprint density at radius 2 is 1.69 bits per heavy atom. The zero-order chi connectivity index (χ0) is 35.5. The minimum atomic E-state index is -5.31. The molecule has 0 radical (unpaired) electrons. The summed E-state index contributed by atoms with van der Waals surface area (Å²) in [5, 5.41) is 5.80. The standard InChI is InChI=1S/C33H37F2N6O7P.2Na/c1-4-14-39-21-31(42)40-29(15-22-10-12-25(13-11-22)48-49(45,46)47)32(43)38(19-24-16-26(34)27(35)17-28(24)37(2)3)20-30(40)41(39)33(44)36-18-23-8-6-5-7-9-23;;/h4-13,16-17,29-30H,1,14-15,18-21H2,2-3H3,(H,36,44)(H2,45,46,47);;/q;2*+1/p-2/t29-,30-;;/m0../s1. The number of amides is 4. The second kappa shape index (κ2) is 18.3. The summed E-state index contributed by atoms with van der Waals surface area (Å²) in [5.74, 6) is -3.32. The first-order valence-corrected chi connectivity index (χ1v) is 16.7. The third kappa shape index (κ3) is 10.4. The Hall–Kier alpha value is -2.82. The van der Waals surface area contributed by atoms with Crippen LogP contribution in [0.1, 0.15) is 16.7 Å². The maximum atomic E-state index is 14.5. The zero-order valence-corrected chi connectivity index (χ0v) is 33.7. The van der Waals surface area contributed by atoms with E-state index in [2.05, 4.69) is 16.4 Å². The van der Waals surface area contributed by atoms with E-state index < -0.39 is 49.5 Å². The smallest absolute Gasteiger partial charge is 0.780 e. The van der Waals surface area contributed by atoms with Crippen LogP contribution in [0.4, 0.5) is 19.3 Å². The van der Waals surface area contributed by atoms with Crippen LogP contribution in [0.3, 0.4) is 0 Å². The molecule has 4 amide bonds. The van der Waals surface area contributed by atoms with E-state index >= 15 is 0 Å². The van der Waals surface area contributed by atoms with Gasteiger partial charge in [0.2, 0.25) is 11.8 Å². The van der Waals surface area contributed by atoms with Crippen molar-refractivity contribution in [3.05, 3.63) is 108 Å². The molecule has 0 saturated carbocycles. The molecule has 2 aliphatic rings. The molecule has 2 heterocycles. The molecule has 2 fully saturated rings. The van der Waals surface area contributed by atoms with Gasteiger partial charge in [0.1, 0.15) is 25.8 Å². The van der Waals surface area contributed by atoms with Crippen molar-refractivity contribution in [1.82, 2.24) is 25.1 Å². The molecular weight excluding hydrogens is 707 g/mol. The van der Waals surface area contributed by atoms with E-state index in [1.807, 2.05) is 30.3 Å². The number of carbonyl (C=O) groups is 3. The van der Waals surface area contributed by atoms with Crippen LogP contribution in [0.2, 0.25) is 0 Å². The van der Waals surface area contributed by atoms with Crippen LogP contribution in [0.5, 0.6) is 5.75 Å². The Labute approximate surface area is 339 Å². The van der Waals surface area contributed by atoms with E-state index in [9.17, 15) is 37.5 Å². The predicted molar refractivity (Wildman–Crippen MR) is 171 cm³/mol. The number of nitrogens with one attached hydrogen (secondary N) is 1. The van der Waals surface area contributed by atoms with Crippen molar-refractivity contribution < 1.29 is 101 Å². The number of phosphoric ester groups is 1. The number of rotatable bonds is 11. The van der Waals surface area contributed by atoms with Crippen LogP contribution in [0, 0.1) is 11.6 Å². The van der Waals surface area contributed by atoms with Crippen molar-refractivity contribution >= 4 is 31.4 Å². The number of fused-ring (bicyclic) bond motifs is 1. The summed E-state index contributed by atoms with van der Waals surface area (Å²) >= 11 is 0. The Kier molecular flexibility index (Phi) is 15.3. The third-order valence-corrected chi connectivity index (χ3v) is 8.63. The second-order valence-corrected chi connectivity index (χ2v) is 12.9. The van der Waals surface area contributed by atoms with Gasteiger partial charge >= 0.3 is 65.1 Å². The van der Waals surface area contributed by atoms with Crippen LogP contribution in [0.25, 0.3) is 0 Å². The molecule has 2 saturated heterocycles. The fourth-order valence-electron chi connectivity index (χ4n) is 6.06. The first kappa shape index (κ1) is 42.6. The van der Waals surface area contributed by atoms with Crippen molar-refractivity contribution in [2.24, 2.45) is 0 Å². The Morgan fingerprint density at radius 3 is 2.29 bits per heavy atom. The van der Waals surface area contributed by atoms with Crippen molar-refractivity contribution in [1.29, 1.82) is 0 Å². The third-order valence-electron chi connectivity index (χ3n) is 8.20. The summed E-state index contributed by atoms with van der Waals surface area (Å²) in [7, 11) is -2.01. The quantitative estimate of drug-likeness (QED) is 0.118. The Balaban J connectivity index is 0.00000351. The predicted octanol–water partition coefficient (Wildman–Crippen LogP) is -4.02. The number of anilines is 1. The normalized spacial score (nSPS) is 17.6. The molecule has 3 aromatic rings. The average molecular weight is 743 g/mol. The molecule has 18 heteroatoms. The molecule has 1 N–H and O–H groups in total. The number of carbonyl (C=O) groups excluding carboxylic acids is 3. The molecule has 260 valence electrons. The molecule has 51 heavy (non-hydrogen) atoms. The number of nitrogens with zero attached hydrogens (tertiary/aromatic N) is 5. The Morgan fingerprint density at radius 1 is 1.04 bits per heavy atom. The molecule has 0 aliphatic carbocycles. The molecule has 2 atom stereocenters. The summed E-state index contributed by atoms with van der Waals surface area (Å²) in [6.45, 7) is 3.51. The van der Waals surface area contributed by atoms with Crippen molar-refractivity contribution in [2.75, 3.05) is 38.6 Å². The molecule has 13 nitrogen and oxygen atoms in total. The van der Waals surface area contributed by atoms with Gasteiger partial charge in [-0.05, 0) is 34.9 Å². The monoisotopic (exact) mass is 742 g/mol. The number of piperazine rings is 1. The van der Waals surface area contributed by atoms with E-state index in [0.717, 1.165) is 17.7 Å². The van der Waals surface area contributed by atoms with Gasteiger partial charge in [-0.25, -0.2) is 23.6 Å². The topological polar surface area (TPSA) is 152 Å². The van der Waals surface area contributed by atoms with E-state index in [-0.39, 0.29) is 104 Å². The number of hydrogen-bond acceptors (Lipinski definition) is 9. The van der Waals surface area contributed by atoms with Gasteiger partial charge in [-0.15, -0.1) is 6.58 Å². The molecule has 2 aliphatic heterocycles.